The number of Topliss-reactive ketones (excluding diaryl/α,β-unsaturated/α-hetero) is 1. The number of hydrogen-bond acceptors (Lipinski definition) is 5. The van der Waals surface area contributed by atoms with Crippen molar-refractivity contribution in [2.24, 2.45) is 0 Å². The maximum absolute atomic E-state index is 14.4. The third-order valence-corrected chi connectivity index (χ3v) is 9.05. The van der Waals surface area contributed by atoms with Crippen LogP contribution in [0.1, 0.15) is 62.2 Å². The van der Waals surface area contributed by atoms with E-state index in [1.54, 1.807) is 6.92 Å². The Kier molecular flexibility index (Phi) is 8.66. The highest BCUT2D eigenvalue weighted by Gasteiger charge is 2.47. The summed E-state index contributed by atoms with van der Waals surface area (Å²) in [5, 5.41) is 0. The van der Waals surface area contributed by atoms with Gasteiger partial charge in [-0.05, 0) is 37.8 Å². The van der Waals surface area contributed by atoms with Gasteiger partial charge in [-0.15, -0.1) is 13.2 Å². The molecule has 0 N–H and O–H groups in total. The zero-order chi connectivity index (χ0) is 26.8. The van der Waals surface area contributed by atoms with Crippen LogP contribution in [0.2, 0.25) is 0 Å². The summed E-state index contributed by atoms with van der Waals surface area (Å²) in [6, 6.07) is 2.68. The van der Waals surface area contributed by atoms with E-state index in [0.717, 1.165) is 18.2 Å². The van der Waals surface area contributed by atoms with Crippen molar-refractivity contribution < 1.29 is 44.3 Å². The van der Waals surface area contributed by atoms with Crippen molar-refractivity contribution in [3.8, 4) is 5.75 Å². The van der Waals surface area contributed by atoms with Crippen LogP contribution in [0.15, 0.2) is 18.2 Å². The second-order valence-corrected chi connectivity index (χ2v) is 11.5. The zero-order valence-corrected chi connectivity index (χ0v) is 20.7. The van der Waals surface area contributed by atoms with Crippen LogP contribution in [0.5, 0.6) is 5.75 Å². The fraction of sp³-hybridized carbons (Fsp3) is 0.696. The number of piperazine rings is 1. The maximum atomic E-state index is 14.4. The van der Waals surface area contributed by atoms with E-state index in [4.69, 9.17) is 0 Å². The van der Waals surface area contributed by atoms with E-state index < -0.39 is 63.6 Å². The van der Waals surface area contributed by atoms with Gasteiger partial charge in [0, 0.05) is 51.0 Å². The van der Waals surface area contributed by atoms with Gasteiger partial charge in [0.1, 0.15) is 11.6 Å². The van der Waals surface area contributed by atoms with Gasteiger partial charge in [-0.1, -0.05) is 13.0 Å². The third kappa shape index (κ3) is 6.91. The van der Waals surface area contributed by atoms with Crippen molar-refractivity contribution in [3.05, 3.63) is 29.6 Å². The molecule has 1 heterocycles. The molecule has 1 aromatic rings. The summed E-state index contributed by atoms with van der Waals surface area (Å²) in [6.07, 6.45) is -5.85. The molecule has 0 radical (unpaired) electrons. The molecule has 204 valence electrons. The predicted octanol–water partition coefficient (Wildman–Crippen LogP) is 4.99. The van der Waals surface area contributed by atoms with Crippen molar-refractivity contribution in [1.82, 2.24) is 9.21 Å². The minimum Gasteiger partial charge on any atom is -0.405 e. The summed E-state index contributed by atoms with van der Waals surface area (Å²) >= 11 is 0. The van der Waals surface area contributed by atoms with Crippen molar-refractivity contribution in [2.75, 3.05) is 31.9 Å². The molecule has 1 saturated carbocycles. The molecule has 1 saturated heterocycles. The van der Waals surface area contributed by atoms with Gasteiger partial charge in [0.25, 0.3) is 0 Å². The molecule has 2 aliphatic rings. The highest BCUT2D eigenvalue weighted by molar-refractivity contribution is 7.89. The van der Waals surface area contributed by atoms with Crippen LogP contribution in [0.3, 0.4) is 0 Å². The van der Waals surface area contributed by atoms with E-state index in [1.807, 2.05) is 4.90 Å². The largest absolute Gasteiger partial charge is 0.573 e. The Morgan fingerprint density at radius 1 is 1.06 bits per heavy atom. The lowest BCUT2D eigenvalue weighted by Gasteiger charge is -2.51. The van der Waals surface area contributed by atoms with Gasteiger partial charge in [-0.3, -0.25) is 9.69 Å². The molecule has 36 heavy (non-hydrogen) atoms. The lowest BCUT2D eigenvalue weighted by atomic mass is 9.74. The number of rotatable bonds is 9. The smallest absolute Gasteiger partial charge is 0.405 e. The van der Waals surface area contributed by atoms with Crippen LogP contribution in [0.25, 0.3) is 0 Å². The van der Waals surface area contributed by atoms with E-state index in [1.165, 1.54) is 4.31 Å². The van der Waals surface area contributed by atoms with E-state index in [0.29, 0.717) is 6.42 Å². The molecule has 6 nitrogen and oxygen atoms in total. The first-order valence-electron chi connectivity index (χ1n) is 11.9. The van der Waals surface area contributed by atoms with Crippen molar-refractivity contribution >= 4 is 15.8 Å². The lowest BCUT2D eigenvalue weighted by molar-refractivity contribution is -0.274. The minimum absolute atomic E-state index is 0.00381. The van der Waals surface area contributed by atoms with Crippen molar-refractivity contribution in [1.29, 1.82) is 0 Å². The number of alkyl halides is 5. The molecule has 13 heteroatoms. The maximum Gasteiger partial charge on any atom is 0.573 e. The highest BCUT2D eigenvalue weighted by atomic mass is 32.2. The summed E-state index contributed by atoms with van der Waals surface area (Å²) in [5.41, 5.74) is -1.71. The lowest BCUT2D eigenvalue weighted by Crippen LogP contribution is -2.60. The molecule has 1 aromatic carbocycles. The molecule has 0 bridgehead atoms. The number of carbonyl (C=O) groups excluding carboxylic acids is 1. The van der Waals surface area contributed by atoms with Gasteiger partial charge in [-0.2, -0.15) is 4.31 Å². The number of ether oxygens (including phenoxy) is 1. The molecule has 0 unspecified atom stereocenters. The zero-order valence-electron chi connectivity index (χ0n) is 19.9. The number of carbonyl (C=O) groups is 1. The average molecular weight is 545 g/mol. The molecule has 1 aliphatic heterocycles. The predicted molar refractivity (Wildman–Crippen MR) is 120 cm³/mol. The number of hydrogen-bond donors (Lipinski definition) is 0. The quantitative estimate of drug-likeness (QED) is 0.324. The number of halogens is 6. The van der Waals surface area contributed by atoms with Crippen LogP contribution < -0.4 is 4.74 Å². The summed E-state index contributed by atoms with van der Waals surface area (Å²) in [7, 11) is -3.43. The minimum atomic E-state index is -5.13. The second kappa shape index (κ2) is 10.9. The van der Waals surface area contributed by atoms with Crippen molar-refractivity contribution in [2.45, 2.75) is 69.7 Å². The van der Waals surface area contributed by atoms with Gasteiger partial charge >= 0.3 is 6.36 Å². The average Bonchev–Trinajstić information content (AvgIpc) is 2.78. The highest BCUT2D eigenvalue weighted by Crippen LogP contribution is 2.45. The van der Waals surface area contributed by atoms with Gasteiger partial charge in [0.2, 0.25) is 15.9 Å². The van der Waals surface area contributed by atoms with Gasteiger partial charge in [-0.25, -0.2) is 21.6 Å². The summed E-state index contributed by atoms with van der Waals surface area (Å²) in [5.74, 6) is -5.91. The fourth-order valence-electron chi connectivity index (χ4n) is 5.09. The second-order valence-electron chi connectivity index (χ2n) is 9.37. The Labute approximate surface area is 206 Å². The van der Waals surface area contributed by atoms with E-state index >= 15 is 0 Å². The topological polar surface area (TPSA) is 66.9 Å². The molecule has 2 fully saturated rings. The van der Waals surface area contributed by atoms with Gasteiger partial charge < -0.3 is 4.74 Å². The Morgan fingerprint density at radius 3 is 2.22 bits per heavy atom. The summed E-state index contributed by atoms with van der Waals surface area (Å²) < 4.78 is 111. The van der Waals surface area contributed by atoms with E-state index in [-0.39, 0.29) is 57.6 Å². The molecule has 0 atom stereocenters. The third-order valence-electron chi connectivity index (χ3n) is 6.97. The Bertz CT molecular complexity index is 1030. The molecule has 0 aromatic heterocycles. The van der Waals surface area contributed by atoms with Crippen LogP contribution in [-0.4, -0.2) is 73.2 Å². The van der Waals surface area contributed by atoms with Crippen LogP contribution >= 0.6 is 0 Å². The normalized spacial score (nSPS) is 21.3. The first kappa shape index (κ1) is 28.7. The molecular formula is C23H30F6N2O4S. The SMILES string of the molecule is CCCS(=O)(=O)N1CCN(C2(CCC(=O)c3c(F)cccc3OC(F)(F)F)CCC(F)(F)CC2)CC1. The monoisotopic (exact) mass is 544 g/mol. The Hall–Kier alpha value is -1.86. The van der Waals surface area contributed by atoms with E-state index in [2.05, 4.69) is 4.74 Å². The summed E-state index contributed by atoms with van der Waals surface area (Å²) in [6.45, 7) is 2.63. The van der Waals surface area contributed by atoms with Crippen LogP contribution in [0, 0.1) is 5.82 Å². The fourth-order valence-corrected chi connectivity index (χ4v) is 6.58. The molecule has 0 spiro atoms. The summed E-state index contributed by atoms with van der Waals surface area (Å²) in [4.78, 5) is 14.8. The first-order chi connectivity index (χ1) is 16.7. The number of benzene rings is 1. The molecule has 3 rings (SSSR count). The number of ketones is 1. The van der Waals surface area contributed by atoms with Crippen LogP contribution in [0.4, 0.5) is 26.3 Å². The Balaban J connectivity index is 1.78. The molecule has 1 aliphatic carbocycles. The van der Waals surface area contributed by atoms with Crippen LogP contribution in [-0.2, 0) is 10.0 Å². The molecular weight excluding hydrogens is 514 g/mol. The van der Waals surface area contributed by atoms with Gasteiger partial charge in [0.15, 0.2) is 5.78 Å². The Morgan fingerprint density at radius 2 is 1.67 bits per heavy atom. The van der Waals surface area contributed by atoms with Crippen molar-refractivity contribution in [3.63, 3.8) is 0 Å². The number of nitrogens with zero attached hydrogens (tertiary/aromatic N) is 2. The number of sulfonamides is 1. The first-order valence-corrected chi connectivity index (χ1v) is 13.5. The molecule has 0 amide bonds. The van der Waals surface area contributed by atoms with Gasteiger partial charge in [0.05, 0.1) is 11.3 Å². The van der Waals surface area contributed by atoms with E-state index in [9.17, 15) is 39.6 Å². The standard InChI is InChI=1S/C23H30F6N2O4S/c1-2-16-36(33,34)31-14-12-30(13-15-31)21(8-10-22(25,26)11-9-21)7-6-18(32)20-17(24)4-3-5-19(20)35-23(27,28)29/h3-5H,2,6-16H2,1H3.